The molecule has 1 aliphatic rings. The summed E-state index contributed by atoms with van der Waals surface area (Å²) in [5.41, 5.74) is 2.72. The molecule has 1 N–H and O–H groups in total. The van der Waals surface area contributed by atoms with Crippen molar-refractivity contribution in [3.8, 4) is 0 Å². The van der Waals surface area contributed by atoms with E-state index in [1.165, 1.54) is 28.1 Å². The molecule has 0 aliphatic carbocycles. The van der Waals surface area contributed by atoms with Crippen molar-refractivity contribution < 1.29 is 0 Å². The van der Waals surface area contributed by atoms with Crippen LogP contribution in [0.4, 0.5) is 0 Å². The van der Waals surface area contributed by atoms with Gasteiger partial charge in [-0.1, -0.05) is 19.9 Å². The van der Waals surface area contributed by atoms with Gasteiger partial charge in [0.1, 0.15) is 0 Å². The molecule has 0 bridgehead atoms. The smallest absolute Gasteiger partial charge is 0.0963 e. The minimum absolute atomic E-state index is 0.163. The second-order valence-corrected chi connectivity index (χ2v) is 6.81. The van der Waals surface area contributed by atoms with Gasteiger partial charge in [0, 0.05) is 11.5 Å². The normalized spacial score (nSPS) is 24.2. The predicted octanol–water partition coefficient (Wildman–Crippen LogP) is 4.02. The summed E-state index contributed by atoms with van der Waals surface area (Å²) in [4.78, 5) is 4.70. The summed E-state index contributed by atoms with van der Waals surface area (Å²) in [6.45, 7) is 7.86. The second-order valence-electron chi connectivity index (χ2n) is 5.75. The second kappa shape index (κ2) is 4.32. The number of nitrogens with one attached hydrogen (secondary N) is 1. The minimum atomic E-state index is 0.163. The number of aromatic nitrogens is 1. The van der Waals surface area contributed by atoms with Crippen LogP contribution in [-0.4, -0.2) is 11.5 Å². The Labute approximate surface area is 112 Å². The number of fused-ring (bicyclic) bond motifs is 1. The molecule has 2 aromatic rings. The Kier molecular flexibility index (Phi) is 2.91. The zero-order valence-electron chi connectivity index (χ0n) is 11.3. The molecule has 1 aliphatic heterocycles. The molecule has 18 heavy (non-hydrogen) atoms. The van der Waals surface area contributed by atoms with Crippen LogP contribution in [0.2, 0.25) is 0 Å². The minimum Gasteiger partial charge on any atom is -0.308 e. The number of hydrogen-bond acceptors (Lipinski definition) is 3. The molecule has 1 atom stereocenters. The SMILES string of the molecule is CC(C)c1nc2ccc(C3(C)CCCN3)cc2s1. The fourth-order valence-corrected chi connectivity index (χ4v) is 3.68. The number of benzene rings is 1. The lowest BCUT2D eigenvalue weighted by molar-refractivity contribution is 0.435. The monoisotopic (exact) mass is 260 g/mol. The van der Waals surface area contributed by atoms with E-state index >= 15 is 0 Å². The summed E-state index contributed by atoms with van der Waals surface area (Å²) < 4.78 is 1.33. The number of rotatable bonds is 2. The lowest BCUT2D eigenvalue weighted by Crippen LogP contribution is -2.32. The summed E-state index contributed by atoms with van der Waals surface area (Å²) in [6.07, 6.45) is 2.50. The van der Waals surface area contributed by atoms with Gasteiger partial charge in [-0.15, -0.1) is 11.3 Å². The van der Waals surface area contributed by atoms with Crippen LogP contribution in [0, 0.1) is 0 Å². The molecule has 2 nitrogen and oxygen atoms in total. The van der Waals surface area contributed by atoms with Gasteiger partial charge in [-0.2, -0.15) is 0 Å². The van der Waals surface area contributed by atoms with E-state index in [-0.39, 0.29) is 5.54 Å². The van der Waals surface area contributed by atoms with Crippen molar-refractivity contribution in [3.05, 3.63) is 28.8 Å². The molecule has 1 aromatic heterocycles. The zero-order valence-corrected chi connectivity index (χ0v) is 12.1. The number of thiazole rings is 1. The molecule has 1 unspecified atom stereocenters. The Bertz CT molecular complexity index is 565. The van der Waals surface area contributed by atoms with Gasteiger partial charge in [0.25, 0.3) is 0 Å². The molecule has 96 valence electrons. The lowest BCUT2D eigenvalue weighted by Gasteiger charge is -2.24. The summed E-state index contributed by atoms with van der Waals surface area (Å²) in [5, 5.41) is 4.87. The summed E-state index contributed by atoms with van der Waals surface area (Å²) >= 11 is 1.84. The van der Waals surface area contributed by atoms with Crippen molar-refractivity contribution in [1.29, 1.82) is 0 Å². The van der Waals surface area contributed by atoms with Crippen LogP contribution in [0.15, 0.2) is 18.2 Å². The summed E-state index contributed by atoms with van der Waals surface area (Å²) in [7, 11) is 0. The lowest BCUT2D eigenvalue weighted by atomic mass is 9.90. The highest BCUT2D eigenvalue weighted by Crippen LogP contribution is 2.34. The Morgan fingerprint density at radius 2 is 2.22 bits per heavy atom. The first kappa shape index (κ1) is 12.1. The Morgan fingerprint density at radius 3 is 2.89 bits per heavy atom. The van der Waals surface area contributed by atoms with Crippen molar-refractivity contribution in [3.63, 3.8) is 0 Å². The maximum absolute atomic E-state index is 4.70. The van der Waals surface area contributed by atoms with E-state index in [1.807, 2.05) is 11.3 Å². The standard InChI is InChI=1S/C15H20N2S/c1-10(2)14-17-12-6-5-11(9-13(12)18-14)15(3)7-4-8-16-15/h5-6,9-10,16H,4,7-8H2,1-3H3. The van der Waals surface area contributed by atoms with E-state index in [0.29, 0.717) is 5.92 Å². The van der Waals surface area contributed by atoms with Crippen LogP contribution in [0.3, 0.4) is 0 Å². The molecular formula is C15H20N2S. The van der Waals surface area contributed by atoms with Crippen LogP contribution in [0.1, 0.15) is 50.1 Å². The third-order valence-corrected chi connectivity index (χ3v) is 5.22. The molecule has 1 fully saturated rings. The van der Waals surface area contributed by atoms with Gasteiger partial charge in [-0.05, 0) is 44.0 Å². The molecule has 3 heteroatoms. The Balaban J connectivity index is 2.05. The first-order chi connectivity index (χ1) is 8.58. The fraction of sp³-hybridized carbons (Fsp3) is 0.533. The number of nitrogens with zero attached hydrogens (tertiary/aromatic N) is 1. The van der Waals surface area contributed by atoms with E-state index in [2.05, 4.69) is 44.3 Å². The predicted molar refractivity (Wildman–Crippen MR) is 78.3 cm³/mol. The van der Waals surface area contributed by atoms with Gasteiger partial charge in [-0.25, -0.2) is 4.98 Å². The highest BCUT2D eigenvalue weighted by atomic mass is 32.1. The zero-order chi connectivity index (χ0) is 12.8. The quantitative estimate of drug-likeness (QED) is 0.882. The van der Waals surface area contributed by atoms with E-state index in [4.69, 9.17) is 4.98 Å². The summed E-state index contributed by atoms with van der Waals surface area (Å²) in [5.74, 6) is 0.519. The molecule has 0 saturated carbocycles. The molecular weight excluding hydrogens is 240 g/mol. The van der Waals surface area contributed by atoms with Gasteiger partial charge in [-0.3, -0.25) is 0 Å². The Hall–Kier alpha value is -0.930. The molecule has 3 rings (SSSR count). The topological polar surface area (TPSA) is 24.9 Å². The van der Waals surface area contributed by atoms with Crippen LogP contribution in [0.5, 0.6) is 0 Å². The van der Waals surface area contributed by atoms with Crippen LogP contribution >= 0.6 is 11.3 Å². The van der Waals surface area contributed by atoms with Crippen molar-refractivity contribution in [1.82, 2.24) is 10.3 Å². The molecule has 0 spiro atoms. The van der Waals surface area contributed by atoms with Crippen LogP contribution < -0.4 is 5.32 Å². The highest BCUT2D eigenvalue weighted by Gasteiger charge is 2.30. The largest absolute Gasteiger partial charge is 0.308 e. The van der Waals surface area contributed by atoms with Crippen molar-refractivity contribution >= 4 is 21.6 Å². The van der Waals surface area contributed by atoms with Gasteiger partial charge >= 0.3 is 0 Å². The van der Waals surface area contributed by atoms with E-state index in [1.54, 1.807) is 0 Å². The maximum atomic E-state index is 4.70. The molecule has 0 amide bonds. The number of hydrogen-bond donors (Lipinski definition) is 1. The highest BCUT2D eigenvalue weighted by molar-refractivity contribution is 7.18. The fourth-order valence-electron chi connectivity index (χ4n) is 2.67. The molecule has 1 aromatic carbocycles. The van der Waals surface area contributed by atoms with Gasteiger partial charge in [0.2, 0.25) is 0 Å². The summed E-state index contributed by atoms with van der Waals surface area (Å²) in [6, 6.07) is 6.75. The van der Waals surface area contributed by atoms with E-state index in [0.717, 1.165) is 12.1 Å². The molecule has 1 saturated heterocycles. The van der Waals surface area contributed by atoms with Crippen LogP contribution in [-0.2, 0) is 5.54 Å². The van der Waals surface area contributed by atoms with E-state index in [9.17, 15) is 0 Å². The molecule has 2 heterocycles. The van der Waals surface area contributed by atoms with Crippen molar-refractivity contribution in [2.45, 2.75) is 45.1 Å². The maximum Gasteiger partial charge on any atom is 0.0963 e. The first-order valence-corrected chi connectivity index (χ1v) is 7.56. The van der Waals surface area contributed by atoms with Gasteiger partial charge < -0.3 is 5.32 Å². The third kappa shape index (κ3) is 1.95. The first-order valence-electron chi connectivity index (χ1n) is 6.74. The average Bonchev–Trinajstić information content (AvgIpc) is 2.94. The van der Waals surface area contributed by atoms with Crippen LogP contribution in [0.25, 0.3) is 10.2 Å². The van der Waals surface area contributed by atoms with Crippen molar-refractivity contribution in [2.75, 3.05) is 6.54 Å². The molecule has 0 radical (unpaired) electrons. The van der Waals surface area contributed by atoms with Crippen molar-refractivity contribution in [2.24, 2.45) is 0 Å². The van der Waals surface area contributed by atoms with E-state index < -0.39 is 0 Å². The average molecular weight is 260 g/mol. The third-order valence-electron chi connectivity index (χ3n) is 3.90. The Morgan fingerprint density at radius 1 is 1.39 bits per heavy atom. The van der Waals surface area contributed by atoms with Gasteiger partial charge in [0.05, 0.1) is 15.2 Å². The van der Waals surface area contributed by atoms with Gasteiger partial charge in [0.15, 0.2) is 0 Å².